The molecule has 0 aromatic heterocycles. The molecule has 2 heterocycles. The Balaban J connectivity index is 1.78. The molecule has 0 radical (unpaired) electrons. The number of nitrogens with zero attached hydrogens (tertiary/aromatic N) is 2. The lowest BCUT2D eigenvalue weighted by Crippen LogP contribution is -2.58. The van der Waals surface area contributed by atoms with E-state index in [0.29, 0.717) is 18.1 Å². The highest BCUT2D eigenvalue weighted by atomic mass is 15.3. The summed E-state index contributed by atoms with van der Waals surface area (Å²) < 4.78 is 0. The molecule has 3 unspecified atom stereocenters. The maximum Gasteiger partial charge on any atom is 0.0476 e. The van der Waals surface area contributed by atoms with Crippen LogP contribution < -0.4 is 5.32 Å². The Morgan fingerprint density at radius 1 is 1.19 bits per heavy atom. The van der Waals surface area contributed by atoms with Crippen LogP contribution in [0.5, 0.6) is 0 Å². The van der Waals surface area contributed by atoms with E-state index in [1.165, 1.54) is 44.6 Å². The molecule has 0 aliphatic carbocycles. The molecule has 0 saturated carbocycles. The quantitative estimate of drug-likeness (QED) is 0.921. The van der Waals surface area contributed by atoms with E-state index in [1.54, 1.807) is 0 Å². The molecule has 21 heavy (non-hydrogen) atoms. The predicted molar refractivity (Wildman–Crippen MR) is 88.5 cm³/mol. The third-order valence-corrected chi connectivity index (χ3v) is 5.13. The standard InChI is InChI=1S/C18H29N3/c1-3-20-11-7-10-17(14-20)21-13-15(2)19-12-18(21)16-8-5-4-6-9-16/h4-6,8-9,15,17-19H,3,7,10-14H2,1-2H3. The van der Waals surface area contributed by atoms with Crippen molar-refractivity contribution in [3.63, 3.8) is 0 Å². The molecule has 2 aliphatic rings. The van der Waals surface area contributed by atoms with Gasteiger partial charge in [-0.05, 0) is 38.4 Å². The van der Waals surface area contributed by atoms with Crippen molar-refractivity contribution in [3.8, 4) is 0 Å². The predicted octanol–water partition coefficient (Wildman–Crippen LogP) is 2.51. The van der Waals surface area contributed by atoms with Gasteiger partial charge in [-0.25, -0.2) is 0 Å². The summed E-state index contributed by atoms with van der Waals surface area (Å²) in [7, 11) is 0. The van der Waals surface area contributed by atoms with Gasteiger partial charge in [0.25, 0.3) is 0 Å². The van der Waals surface area contributed by atoms with Crippen LogP contribution in [-0.4, -0.2) is 54.6 Å². The minimum atomic E-state index is 0.532. The van der Waals surface area contributed by atoms with Gasteiger partial charge >= 0.3 is 0 Å². The van der Waals surface area contributed by atoms with Gasteiger partial charge in [0, 0.05) is 37.8 Å². The molecule has 0 bridgehead atoms. The second-order valence-electron chi connectivity index (χ2n) is 6.62. The van der Waals surface area contributed by atoms with E-state index in [-0.39, 0.29) is 0 Å². The van der Waals surface area contributed by atoms with Crippen LogP contribution in [-0.2, 0) is 0 Å². The average molecular weight is 287 g/mol. The third kappa shape index (κ3) is 3.47. The summed E-state index contributed by atoms with van der Waals surface area (Å²) in [6, 6.07) is 12.9. The van der Waals surface area contributed by atoms with Gasteiger partial charge in [-0.3, -0.25) is 4.90 Å². The molecule has 116 valence electrons. The largest absolute Gasteiger partial charge is 0.311 e. The van der Waals surface area contributed by atoms with E-state index in [9.17, 15) is 0 Å². The van der Waals surface area contributed by atoms with Crippen molar-refractivity contribution in [2.24, 2.45) is 0 Å². The summed E-state index contributed by atoms with van der Waals surface area (Å²) in [5.41, 5.74) is 1.46. The van der Waals surface area contributed by atoms with Crippen molar-refractivity contribution in [2.45, 2.75) is 44.8 Å². The van der Waals surface area contributed by atoms with Crippen LogP contribution in [0, 0.1) is 0 Å². The van der Waals surface area contributed by atoms with Crippen LogP contribution in [0.2, 0.25) is 0 Å². The van der Waals surface area contributed by atoms with Crippen LogP contribution in [0.1, 0.15) is 38.3 Å². The maximum atomic E-state index is 3.67. The van der Waals surface area contributed by atoms with E-state index >= 15 is 0 Å². The Hall–Kier alpha value is -0.900. The van der Waals surface area contributed by atoms with Crippen molar-refractivity contribution in [1.29, 1.82) is 0 Å². The molecular weight excluding hydrogens is 258 g/mol. The number of piperazine rings is 1. The molecule has 3 heteroatoms. The summed E-state index contributed by atoms with van der Waals surface area (Å²) in [4.78, 5) is 5.39. The van der Waals surface area contributed by atoms with Gasteiger partial charge in [-0.2, -0.15) is 0 Å². The van der Waals surface area contributed by atoms with E-state index in [2.05, 4.69) is 59.3 Å². The van der Waals surface area contributed by atoms with Gasteiger partial charge in [-0.1, -0.05) is 37.3 Å². The van der Waals surface area contributed by atoms with Crippen molar-refractivity contribution in [1.82, 2.24) is 15.1 Å². The molecule has 0 spiro atoms. The first-order valence-corrected chi connectivity index (χ1v) is 8.54. The molecule has 3 atom stereocenters. The lowest BCUT2D eigenvalue weighted by molar-refractivity contribution is 0.0384. The summed E-state index contributed by atoms with van der Waals surface area (Å²) in [6.45, 7) is 10.6. The Morgan fingerprint density at radius 3 is 2.76 bits per heavy atom. The Morgan fingerprint density at radius 2 is 2.00 bits per heavy atom. The number of piperidine rings is 1. The molecule has 3 nitrogen and oxygen atoms in total. The van der Waals surface area contributed by atoms with Gasteiger partial charge in [0.1, 0.15) is 0 Å². The highest BCUT2D eigenvalue weighted by Crippen LogP contribution is 2.29. The van der Waals surface area contributed by atoms with E-state index < -0.39 is 0 Å². The summed E-state index contributed by atoms with van der Waals surface area (Å²) in [5, 5.41) is 3.67. The monoisotopic (exact) mass is 287 g/mol. The zero-order valence-electron chi connectivity index (χ0n) is 13.5. The van der Waals surface area contributed by atoms with Gasteiger partial charge in [0.2, 0.25) is 0 Å². The minimum Gasteiger partial charge on any atom is -0.311 e. The lowest BCUT2D eigenvalue weighted by Gasteiger charge is -2.47. The molecule has 2 fully saturated rings. The van der Waals surface area contributed by atoms with E-state index in [4.69, 9.17) is 0 Å². The fourth-order valence-corrected chi connectivity index (χ4v) is 3.92. The molecule has 3 rings (SSSR count). The number of hydrogen-bond donors (Lipinski definition) is 1. The summed E-state index contributed by atoms with van der Waals surface area (Å²) in [6.07, 6.45) is 2.70. The Bertz CT molecular complexity index is 433. The average Bonchev–Trinajstić information content (AvgIpc) is 2.55. The molecule has 2 saturated heterocycles. The molecule has 1 aromatic carbocycles. The first kappa shape index (κ1) is 15.0. The smallest absolute Gasteiger partial charge is 0.0476 e. The first-order chi connectivity index (χ1) is 10.3. The Labute approximate surface area is 129 Å². The zero-order valence-corrected chi connectivity index (χ0v) is 13.5. The molecule has 1 N–H and O–H groups in total. The van der Waals surface area contributed by atoms with Gasteiger partial charge in [0.15, 0.2) is 0 Å². The summed E-state index contributed by atoms with van der Waals surface area (Å²) in [5.74, 6) is 0. The fraction of sp³-hybridized carbons (Fsp3) is 0.667. The Kier molecular flexibility index (Phi) is 4.94. The highest BCUT2D eigenvalue weighted by molar-refractivity contribution is 5.20. The number of benzene rings is 1. The first-order valence-electron chi connectivity index (χ1n) is 8.54. The normalized spacial score (nSPS) is 32.2. The van der Waals surface area contributed by atoms with Crippen LogP contribution in [0.4, 0.5) is 0 Å². The zero-order chi connectivity index (χ0) is 14.7. The SMILES string of the molecule is CCN1CCCC(N2CC(C)NCC2c2ccccc2)C1. The van der Waals surface area contributed by atoms with Crippen LogP contribution >= 0.6 is 0 Å². The minimum absolute atomic E-state index is 0.532. The summed E-state index contributed by atoms with van der Waals surface area (Å²) >= 11 is 0. The number of nitrogens with one attached hydrogen (secondary N) is 1. The van der Waals surface area contributed by atoms with Crippen molar-refractivity contribution < 1.29 is 0 Å². The van der Waals surface area contributed by atoms with Crippen molar-refractivity contribution in [3.05, 3.63) is 35.9 Å². The van der Waals surface area contributed by atoms with E-state index in [1.807, 2.05) is 0 Å². The lowest BCUT2D eigenvalue weighted by atomic mass is 9.95. The molecular formula is C18H29N3. The number of likely N-dealkylation sites (N-methyl/N-ethyl adjacent to an activating group) is 1. The molecule has 2 aliphatic heterocycles. The number of likely N-dealkylation sites (tertiary alicyclic amines) is 1. The van der Waals surface area contributed by atoms with Gasteiger partial charge in [0.05, 0.1) is 0 Å². The highest BCUT2D eigenvalue weighted by Gasteiger charge is 2.34. The van der Waals surface area contributed by atoms with E-state index in [0.717, 1.165) is 6.54 Å². The number of hydrogen-bond acceptors (Lipinski definition) is 3. The van der Waals surface area contributed by atoms with Gasteiger partial charge in [-0.15, -0.1) is 0 Å². The van der Waals surface area contributed by atoms with Crippen molar-refractivity contribution in [2.75, 3.05) is 32.7 Å². The van der Waals surface area contributed by atoms with Crippen LogP contribution in [0.3, 0.4) is 0 Å². The molecule has 0 amide bonds. The van der Waals surface area contributed by atoms with Crippen LogP contribution in [0.15, 0.2) is 30.3 Å². The second-order valence-corrected chi connectivity index (χ2v) is 6.62. The van der Waals surface area contributed by atoms with Crippen molar-refractivity contribution >= 4 is 0 Å². The van der Waals surface area contributed by atoms with Gasteiger partial charge < -0.3 is 10.2 Å². The molecule has 1 aromatic rings. The second kappa shape index (κ2) is 6.91. The fourth-order valence-electron chi connectivity index (χ4n) is 3.92. The third-order valence-electron chi connectivity index (χ3n) is 5.13. The number of rotatable bonds is 3. The topological polar surface area (TPSA) is 18.5 Å². The van der Waals surface area contributed by atoms with Crippen LogP contribution in [0.25, 0.3) is 0 Å². The maximum absolute atomic E-state index is 3.67.